The van der Waals surface area contributed by atoms with Gasteiger partial charge in [0.15, 0.2) is 0 Å². The quantitative estimate of drug-likeness (QED) is 0.520. The van der Waals surface area contributed by atoms with E-state index in [-0.39, 0.29) is 6.23 Å². The molecule has 1 aliphatic carbocycles. The molecule has 1 saturated carbocycles. The van der Waals surface area contributed by atoms with Crippen molar-refractivity contribution in [1.29, 1.82) is 0 Å². The zero-order valence-corrected chi connectivity index (χ0v) is 14.1. The summed E-state index contributed by atoms with van der Waals surface area (Å²) < 4.78 is 12.2. The van der Waals surface area contributed by atoms with E-state index in [1.165, 1.54) is 32.1 Å². The summed E-state index contributed by atoms with van der Waals surface area (Å²) in [6.07, 6.45) is 9.00. The van der Waals surface area contributed by atoms with E-state index >= 15 is 0 Å². The van der Waals surface area contributed by atoms with E-state index in [2.05, 4.69) is 21.5 Å². The molecule has 6 heteroatoms. The zero-order chi connectivity index (χ0) is 15.5. The molecule has 132 valence electrons. The van der Waals surface area contributed by atoms with Crippen molar-refractivity contribution in [3.63, 3.8) is 0 Å². The molecular formula is C17H32N4O2. The average molecular weight is 324 g/mol. The number of ether oxygens (including phenoxy) is 2. The number of hydrogen-bond donors (Lipinski definition) is 4. The van der Waals surface area contributed by atoms with Gasteiger partial charge in [0.1, 0.15) is 6.23 Å². The van der Waals surface area contributed by atoms with Crippen molar-refractivity contribution in [1.82, 2.24) is 21.5 Å². The topological polar surface area (TPSA) is 66.6 Å². The first-order valence-electron chi connectivity index (χ1n) is 9.61. The van der Waals surface area contributed by atoms with Crippen molar-refractivity contribution in [2.45, 2.75) is 75.4 Å². The molecule has 23 heavy (non-hydrogen) atoms. The highest BCUT2D eigenvalue weighted by Gasteiger charge is 2.44. The third kappa shape index (κ3) is 3.89. The molecule has 0 amide bonds. The van der Waals surface area contributed by atoms with Crippen LogP contribution in [0.5, 0.6) is 0 Å². The summed E-state index contributed by atoms with van der Waals surface area (Å²) in [4.78, 5) is 0. The Morgan fingerprint density at radius 2 is 1.78 bits per heavy atom. The zero-order valence-electron chi connectivity index (χ0n) is 14.1. The monoisotopic (exact) mass is 324 g/mol. The fourth-order valence-corrected chi connectivity index (χ4v) is 4.79. The Bertz CT molecular complexity index is 384. The van der Waals surface area contributed by atoms with E-state index in [4.69, 9.17) is 9.47 Å². The Hall–Kier alpha value is -0.240. The van der Waals surface area contributed by atoms with Crippen molar-refractivity contribution in [2.24, 2.45) is 5.92 Å². The summed E-state index contributed by atoms with van der Waals surface area (Å²) in [5.74, 6) is 0.674. The van der Waals surface area contributed by atoms with Crippen LogP contribution >= 0.6 is 0 Å². The van der Waals surface area contributed by atoms with E-state index in [9.17, 15) is 0 Å². The number of hydrogen-bond acceptors (Lipinski definition) is 6. The minimum Gasteiger partial charge on any atom is -0.378 e. The number of rotatable bonds is 0. The molecule has 0 spiro atoms. The number of piperidine rings is 1. The summed E-state index contributed by atoms with van der Waals surface area (Å²) in [5.41, 5.74) is 7.15. The van der Waals surface area contributed by atoms with Crippen LogP contribution in [-0.2, 0) is 9.47 Å². The highest BCUT2D eigenvalue weighted by molar-refractivity contribution is 5.01. The van der Waals surface area contributed by atoms with E-state index in [1.807, 2.05) is 0 Å². The molecule has 4 fully saturated rings. The Kier molecular flexibility index (Phi) is 5.48. The van der Waals surface area contributed by atoms with E-state index < -0.39 is 0 Å². The third-order valence-electron chi connectivity index (χ3n) is 6.01. The van der Waals surface area contributed by atoms with Gasteiger partial charge >= 0.3 is 0 Å². The van der Waals surface area contributed by atoms with Crippen LogP contribution in [0.3, 0.4) is 0 Å². The molecular weight excluding hydrogens is 292 g/mol. The predicted molar refractivity (Wildman–Crippen MR) is 88.9 cm³/mol. The first-order chi connectivity index (χ1) is 11.4. The minimum absolute atomic E-state index is 0.220. The lowest BCUT2D eigenvalue weighted by Gasteiger charge is -2.39. The van der Waals surface area contributed by atoms with Crippen LogP contribution in [0.4, 0.5) is 0 Å². The fourth-order valence-electron chi connectivity index (χ4n) is 4.79. The summed E-state index contributed by atoms with van der Waals surface area (Å²) in [6, 6.07) is 1.62. The van der Waals surface area contributed by atoms with Gasteiger partial charge in [-0.25, -0.2) is 0 Å². The van der Waals surface area contributed by atoms with Gasteiger partial charge in [-0.15, -0.1) is 0 Å². The predicted octanol–water partition coefficient (Wildman–Crippen LogP) is 0.495. The average Bonchev–Trinajstić information content (AvgIpc) is 3.00. The van der Waals surface area contributed by atoms with Crippen LogP contribution in [0, 0.1) is 5.92 Å². The number of nitrogens with one attached hydrogen (secondary N) is 4. The molecule has 0 aromatic carbocycles. The smallest absolute Gasteiger partial charge is 0.108 e. The Balaban J connectivity index is 1.45. The maximum Gasteiger partial charge on any atom is 0.108 e. The van der Waals surface area contributed by atoms with Crippen LogP contribution in [0.15, 0.2) is 0 Å². The second-order valence-electron chi connectivity index (χ2n) is 7.56. The van der Waals surface area contributed by atoms with Crippen molar-refractivity contribution in [2.75, 3.05) is 26.3 Å². The van der Waals surface area contributed by atoms with Crippen molar-refractivity contribution >= 4 is 0 Å². The summed E-state index contributed by atoms with van der Waals surface area (Å²) in [7, 11) is 0. The van der Waals surface area contributed by atoms with Crippen molar-refractivity contribution < 1.29 is 9.47 Å². The highest BCUT2D eigenvalue weighted by Crippen LogP contribution is 2.35. The second kappa shape index (κ2) is 7.76. The lowest BCUT2D eigenvalue weighted by Crippen LogP contribution is -2.55. The summed E-state index contributed by atoms with van der Waals surface area (Å²) >= 11 is 0. The van der Waals surface area contributed by atoms with Crippen LogP contribution in [0.1, 0.15) is 44.9 Å². The normalized spacial score (nSPS) is 45.9. The first-order valence-corrected chi connectivity index (χ1v) is 9.61. The van der Waals surface area contributed by atoms with Gasteiger partial charge in [-0.1, -0.05) is 0 Å². The van der Waals surface area contributed by atoms with Crippen LogP contribution in [-0.4, -0.2) is 56.8 Å². The summed E-state index contributed by atoms with van der Waals surface area (Å²) in [5, 5.41) is 7.22. The Morgan fingerprint density at radius 3 is 2.78 bits per heavy atom. The number of hydrazine groups is 1. The SMILES string of the molecule is C1CNCCOC2CCCC(N2)C2NNC3CCC(CC32)OC1. The molecule has 3 heterocycles. The van der Waals surface area contributed by atoms with Crippen LogP contribution in [0.25, 0.3) is 0 Å². The van der Waals surface area contributed by atoms with Gasteiger partial charge < -0.3 is 14.8 Å². The van der Waals surface area contributed by atoms with Gasteiger partial charge in [-0.05, 0) is 57.4 Å². The lowest BCUT2D eigenvalue weighted by molar-refractivity contribution is -0.0109. The largest absolute Gasteiger partial charge is 0.378 e. The highest BCUT2D eigenvalue weighted by atomic mass is 16.5. The summed E-state index contributed by atoms with van der Waals surface area (Å²) in [6.45, 7) is 3.62. The molecule has 3 saturated heterocycles. The minimum atomic E-state index is 0.220. The molecule has 0 aromatic heterocycles. The first kappa shape index (κ1) is 16.2. The molecule has 0 radical (unpaired) electrons. The Morgan fingerprint density at radius 1 is 0.783 bits per heavy atom. The maximum atomic E-state index is 6.17. The molecule has 6 atom stereocenters. The van der Waals surface area contributed by atoms with Gasteiger partial charge in [0.2, 0.25) is 0 Å². The molecule has 4 rings (SSSR count). The molecule has 6 unspecified atom stereocenters. The molecule has 0 aromatic rings. The van der Waals surface area contributed by atoms with Gasteiger partial charge in [-0.2, -0.15) is 0 Å². The third-order valence-corrected chi connectivity index (χ3v) is 6.01. The molecule has 6 nitrogen and oxygen atoms in total. The molecule has 4 bridgehead atoms. The van der Waals surface area contributed by atoms with E-state index in [0.29, 0.717) is 30.1 Å². The van der Waals surface area contributed by atoms with Crippen LogP contribution < -0.4 is 21.5 Å². The van der Waals surface area contributed by atoms with Crippen molar-refractivity contribution in [3.05, 3.63) is 0 Å². The van der Waals surface area contributed by atoms with Gasteiger partial charge in [0.25, 0.3) is 0 Å². The molecule has 3 aliphatic heterocycles. The Labute approximate surface area is 139 Å². The standard InChI is InChI=1S/C17H32N4O2/c1-3-15-17-13-11-12(5-6-14(13)20-21-17)22-9-2-7-18-8-10-23-16(4-1)19-15/h12-21H,1-11H2. The lowest BCUT2D eigenvalue weighted by atomic mass is 9.77. The maximum absolute atomic E-state index is 6.17. The van der Waals surface area contributed by atoms with Gasteiger partial charge in [0, 0.05) is 31.3 Å². The van der Waals surface area contributed by atoms with Gasteiger partial charge in [-0.3, -0.25) is 16.2 Å². The van der Waals surface area contributed by atoms with Gasteiger partial charge in [0.05, 0.1) is 12.7 Å². The molecule has 4 N–H and O–H groups in total. The second-order valence-corrected chi connectivity index (χ2v) is 7.56. The number of fused-ring (bicyclic) bond motifs is 4. The fraction of sp³-hybridized carbons (Fsp3) is 1.00. The van der Waals surface area contributed by atoms with Crippen LogP contribution in [0.2, 0.25) is 0 Å². The van der Waals surface area contributed by atoms with E-state index in [1.54, 1.807) is 0 Å². The van der Waals surface area contributed by atoms with E-state index in [0.717, 1.165) is 39.1 Å². The molecule has 4 aliphatic rings. The van der Waals surface area contributed by atoms with Crippen molar-refractivity contribution in [3.8, 4) is 0 Å².